The van der Waals surface area contributed by atoms with Crippen molar-refractivity contribution in [2.24, 2.45) is 5.92 Å². The Morgan fingerprint density at radius 3 is 2.85 bits per heavy atom. The van der Waals surface area contributed by atoms with Crippen LogP contribution in [0.3, 0.4) is 0 Å². The average Bonchev–Trinajstić information content (AvgIpc) is 3.12. The molecule has 7 heteroatoms. The monoisotopic (exact) mass is 378 g/mol. The van der Waals surface area contributed by atoms with E-state index in [0.29, 0.717) is 18.9 Å². The first kappa shape index (κ1) is 17.8. The molecular formula is C19H26N2O4S. The van der Waals surface area contributed by atoms with Gasteiger partial charge in [-0.3, -0.25) is 4.90 Å². The molecule has 0 bridgehead atoms. The van der Waals surface area contributed by atoms with E-state index >= 15 is 0 Å². The number of sulfone groups is 1. The third-order valence-electron chi connectivity index (χ3n) is 5.82. The van der Waals surface area contributed by atoms with E-state index in [1.54, 1.807) is 7.11 Å². The molecule has 0 aromatic heterocycles. The fourth-order valence-electron chi connectivity index (χ4n) is 4.54. The fraction of sp³-hybridized carbons (Fsp3) is 0.579. The number of methoxy groups -OCH3 is 1. The van der Waals surface area contributed by atoms with Crippen LogP contribution in [-0.4, -0.2) is 82.7 Å². The Morgan fingerprint density at radius 2 is 2.12 bits per heavy atom. The van der Waals surface area contributed by atoms with Gasteiger partial charge in [-0.25, -0.2) is 8.42 Å². The Balaban J connectivity index is 1.50. The summed E-state index contributed by atoms with van der Waals surface area (Å²) >= 11 is 0. The lowest BCUT2D eigenvalue weighted by Crippen LogP contribution is -2.38. The van der Waals surface area contributed by atoms with Gasteiger partial charge in [-0.1, -0.05) is 12.1 Å². The van der Waals surface area contributed by atoms with Crippen molar-refractivity contribution in [2.75, 3.05) is 53.2 Å². The van der Waals surface area contributed by atoms with Crippen LogP contribution < -0.4 is 9.47 Å². The maximum absolute atomic E-state index is 12.5. The molecule has 0 spiro atoms. The molecule has 0 unspecified atom stereocenters. The number of likely N-dealkylation sites (tertiary alicyclic amines) is 1. The van der Waals surface area contributed by atoms with Gasteiger partial charge in [0, 0.05) is 37.2 Å². The largest absolute Gasteiger partial charge is 0.493 e. The summed E-state index contributed by atoms with van der Waals surface area (Å²) in [6, 6.07) is 5.99. The number of nitrogens with zero attached hydrogens (tertiary/aromatic N) is 2. The Bertz CT molecular complexity index is 834. The van der Waals surface area contributed by atoms with Crippen LogP contribution in [-0.2, 0) is 9.84 Å². The summed E-state index contributed by atoms with van der Waals surface area (Å²) < 4.78 is 36.3. The minimum absolute atomic E-state index is 0.122. The molecule has 4 rings (SSSR count). The normalized spacial score (nSPS) is 29.8. The van der Waals surface area contributed by atoms with Gasteiger partial charge in [0.15, 0.2) is 21.3 Å². The molecule has 0 saturated carbocycles. The van der Waals surface area contributed by atoms with Crippen molar-refractivity contribution in [1.29, 1.82) is 0 Å². The van der Waals surface area contributed by atoms with E-state index < -0.39 is 9.84 Å². The number of para-hydroxylation sites is 1. The number of fused-ring (bicyclic) bond motifs is 2. The zero-order valence-electron chi connectivity index (χ0n) is 15.5. The maximum atomic E-state index is 12.5. The molecule has 3 heterocycles. The number of benzene rings is 1. The predicted octanol–water partition coefficient (Wildman–Crippen LogP) is 1.13. The Hall–Kier alpha value is -1.57. The van der Waals surface area contributed by atoms with E-state index in [4.69, 9.17) is 9.47 Å². The summed E-state index contributed by atoms with van der Waals surface area (Å²) in [5.41, 5.74) is 2.19. The summed E-state index contributed by atoms with van der Waals surface area (Å²) in [5.74, 6) is 2.02. The number of ether oxygens (including phenoxy) is 2. The van der Waals surface area contributed by atoms with Crippen molar-refractivity contribution in [2.45, 2.75) is 11.3 Å². The molecule has 2 saturated heterocycles. The molecule has 1 aromatic rings. The maximum Gasteiger partial charge on any atom is 0.168 e. The van der Waals surface area contributed by atoms with Gasteiger partial charge in [0.2, 0.25) is 0 Å². The summed E-state index contributed by atoms with van der Waals surface area (Å²) in [5, 5.41) is -0.229. The number of hydrogen-bond acceptors (Lipinski definition) is 6. The number of hydrogen-bond donors (Lipinski definition) is 0. The molecule has 3 aliphatic rings. The zero-order valence-corrected chi connectivity index (χ0v) is 16.3. The molecular weight excluding hydrogens is 352 g/mol. The molecule has 0 N–H and O–H groups in total. The summed E-state index contributed by atoms with van der Waals surface area (Å²) in [6.07, 6.45) is 2.15. The van der Waals surface area contributed by atoms with Crippen molar-refractivity contribution in [3.05, 3.63) is 29.3 Å². The third kappa shape index (κ3) is 3.02. The smallest absolute Gasteiger partial charge is 0.168 e. The molecule has 2 fully saturated rings. The summed E-state index contributed by atoms with van der Waals surface area (Å²) in [7, 11) is 2.60. The van der Waals surface area contributed by atoms with Gasteiger partial charge in [0.25, 0.3) is 0 Å². The second-order valence-electron chi connectivity index (χ2n) is 7.73. The van der Waals surface area contributed by atoms with Gasteiger partial charge >= 0.3 is 0 Å². The lowest BCUT2D eigenvalue weighted by atomic mass is 10.00. The molecule has 0 amide bonds. The number of rotatable bonds is 4. The van der Waals surface area contributed by atoms with E-state index in [0.717, 1.165) is 30.2 Å². The van der Waals surface area contributed by atoms with Crippen LogP contribution in [0.2, 0.25) is 0 Å². The molecule has 3 atom stereocenters. The SMILES string of the molecule is COc1cccc2c1OCC(CN1C[C@H]3[C@@H](N(C)C)CS(=O)(=O)[C@H]3C1)=C2. The topological polar surface area (TPSA) is 59.1 Å². The second-order valence-corrected chi connectivity index (χ2v) is 9.99. The van der Waals surface area contributed by atoms with Crippen molar-refractivity contribution in [3.63, 3.8) is 0 Å². The molecule has 1 aromatic carbocycles. The zero-order chi connectivity index (χ0) is 18.5. The van der Waals surface area contributed by atoms with E-state index in [2.05, 4.69) is 15.9 Å². The molecule has 26 heavy (non-hydrogen) atoms. The van der Waals surface area contributed by atoms with Gasteiger partial charge in [0.1, 0.15) is 6.61 Å². The highest BCUT2D eigenvalue weighted by Gasteiger charge is 2.52. The molecule has 3 aliphatic heterocycles. The Labute approximate surface area is 155 Å². The predicted molar refractivity (Wildman–Crippen MR) is 101 cm³/mol. The summed E-state index contributed by atoms with van der Waals surface area (Å²) in [6.45, 7) is 2.72. The van der Waals surface area contributed by atoms with Crippen LogP contribution in [0.5, 0.6) is 11.5 Å². The molecule has 142 valence electrons. The molecule has 6 nitrogen and oxygen atoms in total. The van der Waals surface area contributed by atoms with E-state index in [-0.39, 0.29) is 17.2 Å². The first-order chi connectivity index (χ1) is 12.4. The van der Waals surface area contributed by atoms with Crippen molar-refractivity contribution in [3.8, 4) is 11.5 Å². The van der Waals surface area contributed by atoms with Crippen LogP contribution in [0, 0.1) is 5.92 Å². The molecule has 0 radical (unpaired) electrons. The quantitative estimate of drug-likeness (QED) is 0.783. The minimum atomic E-state index is -3.00. The van der Waals surface area contributed by atoms with Crippen LogP contribution in [0.4, 0.5) is 0 Å². The lowest BCUT2D eigenvalue weighted by molar-refractivity contribution is 0.233. The first-order valence-electron chi connectivity index (χ1n) is 8.98. The molecule has 0 aliphatic carbocycles. The third-order valence-corrected chi connectivity index (χ3v) is 8.05. The highest BCUT2D eigenvalue weighted by molar-refractivity contribution is 7.92. The van der Waals surface area contributed by atoms with E-state index in [9.17, 15) is 8.42 Å². The highest BCUT2D eigenvalue weighted by atomic mass is 32.2. The minimum Gasteiger partial charge on any atom is -0.493 e. The standard InChI is InChI=1S/C19H26N2O4S/c1-20(2)16-12-26(22,23)18-10-21(9-15(16)18)8-13-7-14-5-4-6-17(24-3)19(14)25-11-13/h4-7,15-16,18H,8-12H2,1-3H3/t15-,16-,18-/m0/s1. The van der Waals surface area contributed by atoms with Gasteiger partial charge in [-0.2, -0.15) is 0 Å². The van der Waals surface area contributed by atoms with Crippen molar-refractivity contribution in [1.82, 2.24) is 9.80 Å². The Morgan fingerprint density at radius 1 is 1.31 bits per heavy atom. The van der Waals surface area contributed by atoms with E-state index in [1.165, 1.54) is 5.57 Å². The highest BCUT2D eigenvalue weighted by Crippen LogP contribution is 2.38. The van der Waals surface area contributed by atoms with Crippen LogP contribution in [0.1, 0.15) is 5.56 Å². The van der Waals surface area contributed by atoms with Crippen molar-refractivity contribution >= 4 is 15.9 Å². The fourth-order valence-corrected chi connectivity index (χ4v) is 7.05. The lowest BCUT2D eigenvalue weighted by Gasteiger charge is -2.26. The van der Waals surface area contributed by atoms with Crippen LogP contribution in [0.25, 0.3) is 6.08 Å². The van der Waals surface area contributed by atoms with Gasteiger partial charge in [-0.15, -0.1) is 0 Å². The van der Waals surface area contributed by atoms with Crippen LogP contribution >= 0.6 is 0 Å². The first-order valence-corrected chi connectivity index (χ1v) is 10.7. The van der Waals surface area contributed by atoms with Gasteiger partial charge < -0.3 is 14.4 Å². The van der Waals surface area contributed by atoms with E-state index in [1.807, 2.05) is 32.3 Å². The second kappa shape index (κ2) is 6.55. The van der Waals surface area contributed by atoms with Crippen molar-refractivity contribution < 1.29 is 17.9 Å². The summed E-state index contributed by atoms with van der Waals surface area (Å²) in [4.78, 5) is 4.33. The van der Waals surface area contributed by atoms with Crippen LogP contribution in [0.15, 0.2) is 23.8 Å². The Kier molecular flexibility index (Phi) is 4.49. The average molecular weight is 378 g/mol. The van der Waals surface area contributed by atoms with Gasteiger partial charge in [-0.05, 0) is 31.8 Å². The van der Waals surface area contributed by atoms with Gasteiger partial charge in [0.05, 0.1) is 18.1 Å².